The Morgan fingerprint density at radius 3 is 2.92 bits per heavy atom. The molecule has 2 aromatic heterocycles. The monoisotopic (exact) mass is 342 g/mol. The van der Waals surface area contributed by atoms with Gasteiger partial charge in [-0.25, -0.2) is 4.98 Å². The predicted octanol–water partition coefficient (Wildman–Crippen LogP) is 3.08. The lowest BCUT2D eigenvalue weighted by Gasteiger charge is -2.16. The summed E-state index contributed by atoms with van der Waals surface area (Å²) in [6, 6.07) is 9.47. The number of benzene rings is 1. The normalized spacial score (nSPS) is 15.0. The topological polar surface area (TPSA) is 68.5 Å². The molecule has 0 radical (unpaired) electrons. The Labute approximate surface area is 143 Å². The van der Waals surface area contributed by atoms with Gasteiger partial charge in [0.05, 0.1) is 6.10 Å². The second kappa shape index (κ2) is 6.60. The first kappa shape index (κ1) is 15.1. The Hall–Kier alpha value is -2.41. The third-order valence-corrected chi connectivity index (χ3v) is 5.05. The SMILES string of the molecule is O=c1ccnc2sc(NCc3ccccc3OC3CCCC3)nn12. The summed E-state index contributed by atoms with van der Waals surface area (Å²) < 4.78 is 7.46. The van der Waals surface area contributed by atoms with E-state index in [0.29, 0.717) is 22.7 Å². The molecule has 2 heterocycles. The molecule has 0 bridgehead atoms. The molecule has 3 aromatic rings. The molecule has 0 unspecified atom stereocenters. The maximum atomic E-state index is 11.7. The molecule has 1 aliphatic carbocycles. The second-order valence-electron chi connectivity index (χ2n) is 5.87. The number of aromatic nitrogens is 3. The van der Waals surface area contributed by atoms with Crippen LogP contribution in [0.2, 0.25) is 0 Å². The molecule has 1 saturated carbocycles. The molecule has 0 spiro atoms. The number of nitrogens with zero attached hydrogens (tertiary/aromatic N) is 3. The van der Waals surface area contributed by atoms with Crippen molar-refractivity contribution in [2.75, 3.05) is 5.32 Å². The van der Waals surface area contributed by atoms with Gasteiger partial charge in [-0.05, 0) is 31.7 Å². The molecule has 1 aromatic carbocycles. The van der Waals surface area contributed by atoms with Gasteiger partial charge in [-0.3, -0.25) is 4.79 Å². The van der Waals surface area contributed by atoms with Gasteiger partial charge in [-0.1, -0.05) is 29.5 Å². The van der Waals surface area contributed by atoms with E-state index >= 15 is 0 Å². The summed E-state index contributed by atoms with van der Waals surface area (Å²) >= 11 is 1.36. The van der Waals surface area contributed by atoms with Gasteiger partial charge in [0.2, 0.25) is 10.1 Å². The maximum Gasteiger partial charge on any atom is 0.275 e. The largest absolute Gasteiger partial charge is 0.490 e. The van der Waals surface area contributed by atoms with Crippen LogP contribution in [-0.2, 0) is 6.54 Å². The maximum absolute atomic E-state index is 11.7. The molecule has 0 saturated heterocycles. The Kier molecular flexibility index (Phi) is 4.17. The molecule has 124 valence electrons. The fraction of sp³-hybridized carbons (Fsp3) is 0.353. The highest BCUT2D eigenvalue weighted by molar-refractivity contribution is 7.20. The molecule has 6 nitrogen and oxygen atoms in total. The highest BCUT2D eigenvalue weighted by Crippen LogP contribution is 2.27. The zero-order valence-corrected chi connectivity index (χ0v) is 14.0. The third kappa shape index (κ3) is 3.12. The number of anilines is 1. The van der Waals surface area contributed by atoms with Gasteiger partial charge < -0.3 is 10.1 Å². The predicted molar refractivity (Wildman–Crippen MR) is 93.8 cm³/mol. The van der Waals surface area contributed by atoms with Crippen molar-refractivity contribution in [2.24, 2.45) is 0 Å². The fourth-order valence-corrected chi connectivity index (χ4v) is 3.71. The van der Waals surface area contributed by atoms with Gasteiger partial charge in [-0.15, -0.1) is 5.10 Å². The number of hydrogen-bond donors (Lipinski definition) is 1. The van der Waals surface area contributed by atoms with Gasteiger partial charge in [0.25, 0.3) is 5.56 Å². The summed E-state index contributed by atoms with van der Waals surface area (Å²) in [4.78, 5) is 16.5. The molecule has 0 atom stereocenters. The van der Waals surface area contributed by atoms with Crippen molar-refractivity contribution in [1.82, 2.24) is 14.6 Å². The van der Waals surface area contributed by atoms with Crippen LogP contribution in [0.5, 0.6) is 5.75 Å². The van der Waals surface area contributed by atoms with Crippen LogP contribution in [-0.4, -0.2) is 20.7 Å². The van der Waals surface area contributed by atoms with Gasteiger partial charge >= 0.3 is 0 Å². The smallest absolute Gasteiger partial charge is 0.275 e. The van der Waals surface area contributed by atoms with E-state index in [-0.39, 0.29) is 5.56 Å². The zero-order valence-electron chi connectivity index (χ0n) is 13.1. The molecule has 7 heteroatoms. The lowest BCUT2D eigenvalue weighted by atomic mass is 10.2. The van der Waals surface area contributed by atoms with Crippen LogP contribution < -0.4 is 15.6 Å². The van der Waals surface area contributed by atoms with Crippen molar-refractivity contribution >= 4 is 21.4 Å². The van der Waals surface area contributed by atoms with Gasteiger partial charge in [0.15, 0.2) is 0 Å². The first-order valence-corrected chi connectivity index (χ1v) is 8.94. The lowest BCUT2D eigenvalue weighted by molar-refractivity contribution is 0.208. The number of para-hydroxylation sites is 1. The van der Waals surface area contributed by atoms with Crippen LogP contribution in [0.3, 0.4) is 0 Å². The minimum Gasteiger partial charge on any atom is -0.490 e. The quantitative estimate of drug-likeness (QED) is 0.772. The van der Waals surface area contributed by atoms with E-state index in [1.165, 1.54) is 41.0 Å². The third-order valence-electron chi connectivity index (χ3n) is 4.17. The summed E-state index contributed by atoms with van der Waals surface area (Å²) in [5.74, 6) is 0.924. The van der Waals surface area contributed by atoms with Gasteiger partial charge in [0, 0.05) is 24.4 Å². The second-order valence-corrected chi connectivity index (χ2v) is 6.83. The minimum absolute atomic E-state index is 0.172. The van der Waals surface area contributed by atoms with Crippen LogP contribution in [0.1, 0.15) is 31.2 Å². The highest BCUT2D eigenvalue weighted by Gasteiger charge is 2.17. The van der Waals surface area contributed by atoms with Crippen LogP contribution in [0.15, 0.2) is 41.3 Å². The van der Waals surface area contributed by atoms with Crippen molar-refractivity contribution in [3.8, 4) is 5.75 Å². The average Bonchev–Trinajstić information content (AvgIpc) is 3.24. The van der Waals surface area contributed by atoms with E-state index in [1.54, 1.807) is 0 Å². The lowest BCUT2D eigenvalue weighted by Crippen LogP contribution is -2.14. The summed E-state index contributed by atoms with van der Waals surface area (Å²) in [5.41, 5.74) is 0.915. The van der Waals surface area contributed by atoms with Crippen molar-refractivity contribution in [2.45, 2.75) is 38.3 Å². The van der Waals surface area contributed by atoms with Crippen molar-refractivity contribution in [3.63, 3.8) is 0 Å². The van der Waals surface area contributed by atoms with Crippen LogP contribution >= 0.6 is 11.3 Å². The Balaban J connectivity index is 1.50. The molecule has 1 N–H and O–H groups in total. The molecule has 1 fully saturated rings. The average molecular weight is 342 g/mol. The van der Waals surface area contributed by atoms with Crippen LogP contribution in [0, 0.1) is 0 Å². The van der Waals surface area contributed by atoms with Gasteiger partial charge in [-0.2, -0.15) is 4.52 Å². The first-order valence-electron chi connectivity index (χ1n) is 8.13. The Bertz CT molecular complexity index is 899. The number of nitrogens with one attached hydrogen (secondary N) is 1. The number of rotatable bonds is 5. The highest BCUT2D eigenvalue weighted by atomic mass is 32.1. The number of ether oxygens (including phenoxy) is 1. The van der Waals surface area contributed by atoms with E-state index in [0.717, 1.165) is 24.2 Å². The summed E-state index contributed by atoms with van der Waals surface area (Å²) in [5, 5.41) is 8.21. The zero-order chi connectivity index (χ0) is 16.4. The van der Waals surface area contributed by atoms with Gasteiger partial charge in [0.1, 0.15) is 5.75 Å². The standard InChI is InChI=1S/C17H18N4O2S/c22-15-9-10-18-17-21(15)20-16(24-17)19-11-12-5-1-4-8-14(12)23-13-6-2-3-7-13/h1,4-5,8-10,13H,2-3,6-7,11H2,(H,19,20). The summed E-state index contributed by atoms with van der Waals surface area (Å²) in [7, 11) is 0. The number of hydrogen-bond acceptors (Lipinski definition) is 6. The summed E-state index contributed by atoms with van der Waals surface area (Å²) in [6.07, 6.45) is 6.60. The molecule has 4 rings (SSSR count). The molecule has 0 aliphatic heterocycles. The Morgan fingerprint density at radius 1 is 1.25 bits per heavy atom. The minimum atomic E-state index is -0.172. The number of fused-ring (bicyclic) bond motifs is 1. The van der Waals surface area contributed by atoms with Crippen LogP contribution in [0.4, 0.5) is 5.13 Å². The molecular formula is C17H18N4O2S. The van der Waals surface area contributed by atoms with Crippen molar-refractivity contribution in [1.29, 1.82) is 0 Å². The Morgan fingerprint density at radius 2 is 2.08 bits per heavy atom. The van der Waals surface area contributed by atoms with E-state index in [4.69, 9.17) is 4.74 Å². The van der Waals surface area contributed by atoms with Crippen LogP contribution in [0.25, 0.3) is 4.96 Å². The summed E-state index contributed by atoms with van der Waals surface area (Å²) in [6.45, 7) is 0.595. The van der Waals surface area contributed by atoms with E-state index in [2.05, 4.69) is 21.5 Å². The van der Waals surface area contributed by atoms with E-state index < -0.39 is 0 Å². The molecule has 0 amide bonds. The molecule has 1 aliphatic rings. The van der Waals surface area contributed by atoms with E-state index in [1.807, 2.05) is 18.2 Å². The molecule has 24 heavy (non-hydrogen) atoms. The fourth-order valence-electron chi connectivity index (χ4n) is 2.94. The van der Waals surface area contributed by atoms with Crippen molar-refractivity contribution in [3.05, 3.63) is 52.4 Å². The van der Waals surface area contributed by atoms with Crippen molar-refractivity contribution < 1.29 is 4.74 Å². The first-order chi connectivity index (χ1) is 11.8. The van der Waals surface area contributed by atoms with E-state index in [9.17, 15) is 4.79 Å². The molecular weight excluding hydrogens is 324 g/mol.